The van der Waals surface area contributed by atoms with Crippen LogP contribution in [0, 0.1) is 11.8 Å². The second-order valence-electron chi connectivity index (χ2n) is 4.68. The maximum atomic E-state index is 12.3. The smallest absolute Gasteiger partial charge is 0.238 e. The van der Waals surface area contributed by atoms with Crippen molar-refractivity contribution < 1.29 is 9.59 Å². The number of hydrogen-bond acceptors (Lipinski definition) is 3. The number of fused-ring (bicyclic) bond motifs is 1. The molecule has 1 aromatic rings. The fourth-order valence-corrected chi connectivity index (χ4v) is 2.81. The molecule has 0 bridgehead atoms. The molecule has 1 heterocycles. The number of carbonyl (C=O) groups excluding carboxylic acids is 2. The van der Waals surface area contributed by atoms with Gasteiger partial charge in [-0.25, -0.2) is 0 Å². The van der Waals surface area contributed by atoms with E-state index in [9.17, 15) is 9.59 Å². The standard InChI is InChI=1S/C14H13NO2S/c16-13-11-3-1-2-4-12(11)14(17)15(13)9-5-7-10(18)8-6-9/h1-2,5-8,11-12,18H,3-4H2. The van der Waals surface area contributed by atoms with Gasteiger partial charge in [-0.05, 0) is 37.1 Å². The summed E-state index contributed by atoms with van der Waals surface area (Å²) < 4.78 is 0. The third-order valence-electron chi connectivity index (χ3n) is 3.62. The lowest BCUT2D eigenvalue weighted by molar-refractivity contribution is -0.122. The summed E-state index contributed by atoms with van der Waals surface area (Å²) in [7, 11) is 0. The predicted molar refractivity (Wildman–Crippen MR) is 71.5 cm³/mol. The van der Waals surface area contributed by atoms with E-state index in [0.717, 1.165) is 4.90 Å². The minimum Gasteiger partial charge on any atom is -0.274 e. The molecule has 2 aliphatic rings. The van der Waals surface area contributed by atoms with Crippen LogP contribution >= 0.6 is 12.6 Å². The number of allylic oxidation sites excluding steroid dienone is 2. The SMILES string of the molecule is O=C1C2CC=CCC2C(=O)N1c1ccc(S)cc1. The van der Waals surface area contributed by atoms with Crippen LogP contribution in [0.3, 0.4) is 0 Å². The third kappa shape index (κ3) is 1.68. The van der Waals surface area contributed by atoms with E-state index in [1.807, 2.05) is 12.2 Å². The van der Waals surface area contributed by atoms with Crippen molar-refractivity contribution in [2.75, 3.05) is 4.90 Å². The second-order valence-corrected chi connectivity index (χ2v) is 5.20. The Morgan fingerprint density at radius 2 is 1.44 bits per heavy atom. The number of imide groups is 1. The average molecular weight is 259 g/mol. The molecule has 0 N–H and O–H groups in total. The van der Waals surface area contributed by atoms with E-state index in [-0.39, 0.29) is 23.7 Å². The minimum atomic E-state index is -0.168. The van der Waals surface area contributed by atoms with E-state index in [0.29, 0.717) is 18.5 Å². The molecular formula is C14H13NO2S. The van der Waals surface area contributed by atoms with E-state index >= 15 is 0 Å². The number of thiol groups is 1. The maximum absolute atomic E-state index is 12.3. The fraction of sp³-hybridized carbons (Fsp3) is 0.286. The van der Waals surface area contributed by atoms with Gasteiger partial charge in [0.2, 0.25) is 11.8 Å². The predicted octanol–water partition coefficient (Wildman–Crippen LogP) is 2.43. The number of carbonyl (C=O) groups is 2. The molecule has 92 valence electrons. The molecule has 0 spiro atoms. The van der Waals surface area contributed by atoms with Gasteiger partial charge >= 0.3 is 0 Å². The molecule has 0 radical (unpaired) electrons. The summed E-state index contributed by atoms with van der Waals surface area (Å²) in [5.74, 6) is -0.473. The van der Waals surface area contributed by atoms with Crippen LogP contribution in [0.2, 0.25) is 0 Å². The van der Waals surface area contributed by atoms with Gasteiger partial charge in [0.1, 0.15) is 0 Å². The topological polar surface area (TPSA) is 37.4 Å². The molecule has 1 saturated heterocycles. The fourth-order valence-electron chi connectivity index (χ4n) is 2.66. The Morgan fingerprint density at radius 1 is 0.944 bits per heavy atom. The molecular weight excluding hydrogens is 246 g/mol. The summed E-state index contributed by atoms with van der Waals surface area (Å²) in [4.78, 5) is 26.7. The van der Waals surface area contributed by atoms with Crippen LogP contribution in [-0.4, -0.2) is 11.8 Å². The zero-order valence-electron chi connectivity index (χ0n) is 9.74. The van der Waals surface area contributed by atoms with Gasteiger partial charge < -0.3 is 0 Å². The summed E-state index contributed by atoms with van der Waals surface area (Å²) in [5, 5.41) is 0. The van der Waals surface area contributed by atoms with E-state index in [2.05, 4.69) is 12.6 Å². The van der Waals surface area contributed by atoms with Crippen molar-refractivity contribution in [1.82, 2.24) is 0 Å². The average Bonchev–Trinajstić information content (AvgIpc) is 2.64. The lowest BCUT2D eigenvalue weighted by atomic mass is 9.85. The molecule has 0 saturated carbocycles. The lowest BCUT2D eigenvalue weighted by Gasteiger charge is -2.14. The highest BCUT2D eigenvalue weighted by molar-refractivity contribution is 7.80. The Hall–Kier alpha value is -1.55. The molecule has 1 fully saturated rings. The number of benzene rings is 1. The van der Waals surface area contributed by atoms with Gasteiger partial charge in [0, 0.05) is 4.90 Å². The van der Waals surface area contributed by atoms with Crippen LogP contribution < -0.4 is 4.90 Å². The van der Waals surface area contributed by atoms with Gasteiger partial charge in [-0.3, -0.25) is 14.5 Å². The number of anilines is 1. The lowest BCUT2D eigenvalue weighted by Crippen LogP contribution is -2.30. The monoisotopic (exact) mass is 259 g/mol. The van der Waals surface area contributed by atoms with Crippen LogP contribution in [0.25, 0.3) is 0 Å². The Kier molecular flexibility index (Phi) is 2.74. The molecule has 3 rings (SSSR count). The summed E-state index contributed by atoms with van der Waals surface area (Å²) in [6.07, 6.45) is 5.34. The zero-order valence-corrected chi connectivity index (χ0v) is 10.6. The van der Waals surface area contributed by atoms with Crippen molar-refractivity contribution in [2.24, 2.45) is 11.8 Å². The van der Waals surface area contributed by atoms with Crippen LogP contribution in [-0.2, 0) is 9.59 Å². The van der Waals surface area contributed by atoms with Crippen LogP contribution in [0.1, 0.15) is 12.8 Å². The van der Waals surface area contributed by atoms with Gasteiger partial charge in [0.15, 0.2) is 0 Å². The Labute approximate surface area is 111 Å². The van der Waals surface area contributed by atoms with E-state index in [1.54, 1.807) is 24.3 Å². The first kappa shape index (κ1) is 11.5. The third-order valence-corrected chi connectivity index (χ3v) is 3.91. The molecule has 3 nitrogen and oxygen atoms in total. The van der Waals surface area contributed by atoms with E-state index in [1.165, 1.54) is 4.90 Å². The van der Waals surface area contributed by atoms with Crippen molar-refractivity contribution in [2.45, 2.75) is 17.7 Å². The minimum absolute atomic E-state index is 0.0683. The first-order valence-corrected chi connectivity index (χ1v) is 6.45. The van der Waals surface area contributed by atoms with Gasteiger partial charge in [-0.2, -0.15) is 0 Å². The van der Waals surface area contributed by atoms with Crippen molar-refractivity contribution in [3.05, 3.63) is 36.4 Å². The molecule has 4 heteroatoms. The van der Waals surface area contributed by atoms with E-state index in [4.69, 9.17) is 0 Å². The molecule has 2 unspecified atom stereocenters. The summed E-state index contributed by atoms with van der Waals surface area (Å²) in [6, 6.07) is 7.12. The van der Waals surface area contributed by atoms with E-state index < -0.39 is 0 Å². The second kappa shape index (κ2) is 4.28. The highest BCUT2D eigenvalue weighted by atomic mass is 32.1. The quantitative estimate of drug-likeness (QED) is 0.478. The van der Waals surface area contributed by atoms with Crippen LogP contribution in [0.4, 0.5) is 5.69 Å². The number of nitrogens with zero attached hydrogens (tertiary/aromatic N) is 1. The molecule has 1 aromatic carbocycles. The van der Waals surface area contributed by atoms with Gasteiger partial charge in [0.25, 0.3) is 0 Å². The van der Waals surface area contributed by atoms with Crippen LogP contribution in [0.15, 0.2) is 41.3 Å². The molecule has 18 heavy (non-hydrogen) atoms. The number of hydrogen-bond donors (Lipinski definition) is 1. The first-order valence-electron chi connectivity index (χ1n) is 6.00. The van der Waals surface area contributed by atoms with Crippen LogP contribution in [0.5, 0.6) is 0 Å². The summed E-state index contributed by atoms with van der Waals surface area (Å²) in [6.45, 7) is 0. The summed E-state index contributed by atoms with van der Waals surface area (Å²) in [5.41, 5.74) is 0.650. The van der Waals surface area contributed by atoms with Gasteiger partial charge in [0.05, 0.1) is 17.5 Å². The normalized spacial score (nSPS) is 26.6. The molecule has 1 aliphatic carbocycles. The van der Waals surface area contributed by atoms with Gasteiger partial charge in [-0.15, -0.1) is 12.6 Å². The Balaban J connectivity index is 1.96. The van der Waals surface area contributed by atoms with Crippen molar-refractivity contribution in [3.8, 4) is 0 Å². The Bertz CT molecular complexity index is 509. The molecule has 2 amide bonds. The molecule has 0 aromatic heterocycles. The number of amides is 2. The van der Waals surface area contributed by atoms with Crippen molar-refractivity contribution in [1.29, 1.82) is 0 Å². The Morgan fingerprint density at radius 3 is 1.94 bits per heavy atom. The van der Waals surface area contributed by atoms with Crippen molar-refractivity contribution >= 4 is 30.1 Å². The largest absolute Gasteiger partial charge is 0.274 e. The zero-order chi connectivity index (χ0) is 12.7. The molecule has 2 atom stereocenters. The highest BCUT2D eigenvalue weighted by Crippen LogP contribution is 2.37. The highest BCUT2D eigenvalue weighted by Gasteiger charge is 2.47. The van der Waals surface area contributed by atoms with Crippen molar-refractivity contribution in [3.63, 3.8) is 0 Å². The summed E-state index contributed by atoms with van der Waals surface area (Å²) >= 11 is 4.20. The maximum Gasteiger partial charge on any atom is 0.238 e. The molecule has 1 aliphatic heterocycles. The van der Waals surface area contributed by atoms with Gasteiger partial charge in [-0.1, -0.05) is 12.2 Å². The number of rotatable bonds is 1. The first-order chi connectivity index (χ1) is 8.68.